The second-order valence-electron chi connectivity index (χ2n) is 4.93. The SMILES string of the molecule is CC(CN1CCOCC1)NCc1ccc(Br)cc1Cl. The molecule has 0 amide bonds. The molecule has 1 aromatic rings. The van der Waals surface area contributed by atoms with Crippen LogP contribution in [0.5, 0.6) is 0 Å². The van der Waals surface area contributed by atoms with Crippen molar-refractivity contribution in [1.82, 2.24) is 10.2 Å². The summed E-state index contributed by atoms with van der Waals surface area (Å²) in [4.78, 5) is 2.43. The maximum atomic E-state index is 6.21. The molecule has 5 heteroatoms. The van der Waals surface area contributed by atoms with Gasteiger partial charge in [0.15, 0.2) is 0 Å². The first-order valence-corrected chi connectivity index (χ1v) is 7.79. The van der Waals surface area contributed by atoms with Crippen LogP contribution in [0, 0.1) is 0 Å². The van der Waals surface area contributed by atoms with Gasteiger partial charge in [-0.1, -0.05) is 33.6 Å². The molecule has 1 N–H and O–H groups in total. The summed E-state index contributed by atoms with van der Waals surface area (Å²) >= 11 is 9.63. The van der Waals surface area contributed by atoms with Gasteiger partial charge in [-0.2, -0.15) is 0 Å². The Morgan fingerprint density at radius 1 is 1.42 bits per heavy atom. The van der Waals surface area contributed by atoms with Crippen molar-refractivity contribution < 1.29 is 4.74 Å². The van der Waals surface area contributed by atoms with Crippen molar-refractivity contribution in [2.45, 2.75) is 19.5 Å². The maximum Gasteiger partial charge on any atom is 0.0594 e. The molecule has 1 atom stereocenters. The van der Waals surface area contributed by atoms with Gasteiger partial charge in [0.25, 0.3) is 0 Å². The van der Waals surface area contributed by atoms with E-state index in [1.54, 1.807) is 0 Å². The molecule has 1 saturated heterocycles. The van der Waals surface area contributed by atoms with E-state index in [-0.39, 0.29) is 0 Å². The number of halogens is 2. The van der Waals surface area contributed by atoms with Crippen molar-refractivity contribution in [1.29, 1.82) is 0 Å². The van der Waals surface area contributed by atoms with E-state index in [0.29, 0.717) is 6.04 Å². The van der Waals surface area contributed by atoms with Gasteiger partial charge in [0.1, 0.15) is 0 Å². The van der Waals surface area contributed by atoms with Crippen LogP contribution in [0.1, 0.15) is 12.5 Å². The molecule has 0 radical (unpaired) electrons. The van der Waals surface area contributed by atoms with Crippen LogP contribution in [0.2, 0.25) is 5.02 Å². The summed E-state index contributed by atoms with van der Waals surface area (Å²) in [5.41, 5.74) is 1.14. The van der Waals surface area contributed by atoms with E-state index >= 15 is 0 Å². The molecule has 3 nitrogen and oxygen atoms in total. The summed E-state index contributed by atoms with van der Waals surface area (Å²) in [6.07, 6.45) is 0. The molecule has 2 rings (SSSR count). The van der Waals surface area contributed by atoms with E-state index < -0.39 is 0 Å². The third kappa shape index (κ3) is 5.04. The molecule has 1 aliphatic heterocycles. The Kier molecular flexibility index (Phi) is 6.10. The van der Waals surface area contributed by atoms with Gasteiger partial charge in [-0.25, -0.2) is 0 Å². The van der Waals surface area contributed by atoms with Crippen LogP contribution in [-0.2, 0) is 11.3 Å². The number of nitrogens with zero attached hydrogens (tertiary/aromatic N) is 1. The van der Waals surface area contributed by atoms with E-state index in [1.807, 2.05) is 12.1 Å². The van der Waals surface area contributed by atoms with E-state index in [0.717, 1.165) is 54.5 Å². The molecule has 0 saturated carbocycles. The summed E-state index contributed by atoms with van der Waals surface area (Å²) in [6, 6.07) is 6.46. The summed E-state index contributed by atoms with van der Waals surface area (Å²) in [7, 11) is 0. The number of hydrogen-bond acceptors (Lipinski definition) is 3. The Morgan fingerprint density at radius 2 is 2.16 bits per heavy atom. The van der Waals surface area contributed by atoms with Crippen LogP contribution in [0.3, 0.4) is 0 Å². The van der Waals surface area contributed by atoms with Gasteiger partial charge < -0.3 is 10.1 Å². The van der Waals surface area contributed by atoms with Crippen molar-refractivity contribution >= 4 is 27.5 Å². The number of hydrogen-bond donors (Lipinski definition) is 1. The highest BCUT2D eigenvalue weighted by Crippen LogP contribution is 2.21. The lowest BCUT2D eigenvalue weighted by atomic mass is 10.2. The van der Waals surface area contributed by atoms with Crippen molar-refractivity contribution in [2.24, 2.45) is 0 Å². The van der Waals surface area contributed by atoms with Crippen molar-refractivity contribution in [3.8, 4) is 0 Å². The van der Waals surface area contributed by atoms with E-state index in [4.69, 9.17) is 16.3 Å². The quantitative estimate of drug-likeness (QED) is 0.886. The summed E-state index contributed by atoms with van der Waals surface area (Å²) in [5, 5.41) is 4.33. The standard InChI is InChI=1S/C14H20BrClN2O/c1-11(10-18-4-6-19-7-5-18)17-9-12-2-3-13(15)8-14(12)16/h2-3,8,11,17H,4-7,9-10H2,1H3. The molecule has 1 heterocycles. The van der Waals surface area contributed by atoms with Crippen LogP contribution in [0.4, 0.5) is 0 Å². The highest BCUT2D eigenvalue weighted by Gasteiger charge is 2.13. The average molecular weight is 348 g/mol. The topological polar surface area (TPSA) is 24.5 Å². The minimum atomic E-state index is 0.442. The lowest BCUT2D eigenvalue weighted by Crippen LogP contribution is -2.44. The second kappa shape index (κ2) is 7.60. The molecular weight excluding hydrogens is 328 g/mol. The minimum absolute atomic E-state index is 0.442. The van der Waals surface area contributed by atoms with Crippen molar-refractivity contribution in [3.63, 3.8) is 0 Å². The molecule has 1 unspecified atom stereocenters. The summed E-state index contributed by atoms with van der Waals surface area (Å²) < 4.78 is 6.37. The third-order valence-electron chi connectivity index (χ3n) is 3.29. The highest BCUT2D eigenvalue weighted by molar-refractivity contribution is 9.10. The Balaban J connectivity index is 1.77. The largest absolute Gasteiger partial charge is 0.379 e. The lowest BCUT2D eigenvalue weighted by Gasteiger charge is -2.29. The van der Waals surface area contributed by atoms with Crippen LogP contribution < -0.4 is 5.32 Å². The van der Waals surface area contributed by atoms with E-state index in [2.05, 4.69) is 39.1 Å². The number of morpholine rings is 1. The van der Waals surface area contributed by atoms with Gasteiger partial charge in [-0.05, 0) is 24.6 Å². The highest BCUT2D eigenvalue weighted by atomic mass is 79.9. The third-order valence-corrected chi connectivity index (χ3v) is 4.14. The fraction of sp³-hybridized carbons (Fsp3) is 0.571. The van der Waals surface area contributed by atoms with Gasteiger partial charge in [0.05, 0.1) is 13.2 Å². The number of benzene rings is 1. The first-order valence-electron chi connectivity index (χ1n) is 6.62. The van der Waals surface area contributed by atoms with Crippen LogP contribution >= 0.6 is 27.5 Å². The van der Waals surface area contributed by atoms with Gasteiger partial charge in [-0.3, -0.25) is 4.90 Å². The zero-order valence-electron chi connectivity index (χ0n) is 11.2. The lowest BCUT2D eigenvalue weighted by molar-refractivity contribution is 0.0343. The maximum absolute atomic E-state index is 6.21. The van der Waals surface area contributed by atoms with Gasteiger partial charge >= 0.3 is 0 Å². The molecule has 19 heavy (non-hydrogen) atoms. The zero-order valence-corrected chi connectivity index (χ0v) is 13.5. The van der Waals surface area contributed by atoms with Crippen LogP contribution in [0.25, 0.3) is 0 Å². The predicted molar refractivity (Wildman–Crippen MR) is 82.7 cm³/mol. The predicted octanol–water partition coefficient (Wildman–Crippen LogP) is 2.91. The number of nitrogens with one attached hydrogen (secondary N) is 1. The average Bonchev–Trinajstić information content (AvgIpc) is 2.39. The second-order valence-corrected chi connectivity index (χ2v) is 6.25. The minimum Gasteiger partial charge on any atom is -0.379 e. The monoisotopic (exact) mass is 346 g/mol. The Bertz CT molecular complexity index is 410. The smallest absolute Gasteiger partial charge is 0.0594 e. The summed E-state index contributed by atoms with van der Waals surface area (Å²) in [5.74, 6) is 0. The molecule has 0 aliphatic carbocycles. The molecule has 0 spiro atoms. The van der Waals surface area contributed by atoms with Gasteiger partial charge in [-0.15, -0.1) is 0 Å². The van der Waals surface area contributed by atoms with Gasteiger partial charge in [0.2, 0.25) is 0 Å². The fourth-order valence-corrected chi connectivity index (χ4v) is 2.93. The Morgan fingerprint density at radius 3 is 2.84 bits per heavy atom. The fourth-order valence-electron chi connectivity index (χ4n) is 2.18. The summed E-state index contributed by atoms with van der Waals surface area (Å²) in [6.45, 7) is 7.84. The number of rotatable bonds is 5. The first-order chi connectivity index (χ1) is 9.15. The van der Waals surface area contributed by atoms with Crippen molar-refractivity contribution in [3.05, 3.63) is 33.3 Å². The van der Waals surface area contributed by atoms with Crippen LogP contribution in [-0.4, -0.2) is 43.8 Å². The Hall–Kier alpha value is -0.130. The zero-order chi connectivity index (χ0) is 13.7. The van der Waals surface area contributed by atoms with Gasteiger partial charge in [0, 0.05) is 41.7 Å². The van der Waals surface area contributed by atoms with Crippen molar-refractivity contribution in [2.75, 3.05) is 32.8 Å². The normalized spacial score (nSPS) is 18.5. The Labute approximate surface area is 128 Å². The molecule has 1 aromatic carbocycles. The molecule has 0 bridgehead atoms. The first kappa shape index (κ1) is 15.3. The molecular formula is C14H20BrClN2O. The molecule has 1 fully saturated rings. The van der Waals surface area contributed by atoms with Crippen LogP contribution in [0.15, 0.2) is 22.7 Å². The molecule has 0 aromatic heterocycles. The molecule has 1 aliphatic rings. The number of ether oxygens (including phenoxy) is 1. The molecule has 106 valence electrons. The van der Waals surface area contributed by atoms with E-state index in [1.165, 1.54) is 0 Å². The van der Waals surface area contributed by atoms with E-state index in [9.17, 15) is 0 Å².